The van der Waals surface area contributed by atoms with Crippen LogP contribution in [-0.2, 0) is 5.88 Å². The van der Waals surface area contributed by atoms with E-state index in [-0.39, 0.29) is 23.0 Å². The standard InChI is InChI=1S/C13H17ClF2OS/c1-13(2,3)18-5-4-17-12-10(15)6-9(8-14)7-11(12)16/h6-7H,4-5,8H2,1-3H3. The van der Waals surface area contributed by atoms with Crippen molar-refractivity contribution in [2.24, 2.45) is 0 Å². The molecule has 18 heavy (non-hydrogen) atoms. The Morgan fingerprint density at radius 2 is 1.78 bits per heavy atom. The molecule has 0 saturated carbocycles. The summed E-state index contributed by atoms with van der Waals surface area (Å²) >= 11 is 7.20. The maximum atomic E-state index is 13.5. The third kappa shape index (κ3) is 5.02. The molecule has 0 saturated heterocycles. The molecule has 0 bridgehead atoms. The van der Waals surface area contributed by atoms with E-state index in [1.807, 2.05) is 0 Å². The minimum absolute atomic E-state index is 0.0774. The molecule has 0 spiro atoms. The van der Waals surface area contributed by atoms with E-state index < -0.39 is 11.6 Å². The van der Waals surface area contributed by atoms with E-state index in [1.54, 1.807) is 11.8 Å². The normalized spacial score (nSPS) is 11.7. The third-order valence-corrected chi connectivity index (χ3v) is 3.62. The van der Waals surface area contributed by atoms with Gasteiger partial charge in [-0.25, -0.2) is 8.78 Å². The summed E-state index contributed by atoms with van der Waals surface area (Å²) < 4.78 is 32.3. The number of ether oxygens (including phenoxy) is 1. The van der Waals surface area contributed by atoms with E-state index >= 15 is 0 Å². The topological polar surface area (TPSA) is 9.23 Å². The van der Waals surface area contributed by atoms with Gasteiger partial charge in [-0.3, -0.25) is 0 Å². The summed E-state index contributed by atoms with van der Waals surface area (Å²) in [6.45, 7) is 6.51. The Balaban J connectivity index is 2.57. The average molecular weight is 295 g/mol. The molecule has 0 unspecified atom stereocenters. The van der Waals surface area contributed by atoms with Gasteiger partial charge >= 0.3 is 0 Å². The highest BCUT2D eigenvalue weighted by molar-refractivity contribution is 8.00. The van der Waals surface area contributed by atoms with Gasteiger partial charge in [-0.05, 0) is 17.7 Å². The van der Waals surface area contributed by atoms with Crippen LogP contribution in [0.5, 0.6) is 5.75 Å². The minimum Gasteiger partial charge on any atom is -0.487 e. The SMILES string of the molecule is CC(C)(C)SCCOc1c(F)cc(CCl)cc1F. The monoisotopic (exact) mass is 294 g/mol. The average Bonchev–Trinajstić information content (AvgIpc) is 2.25. The Bertz CT molecular complexity index is 381. The zero-order valence-corrected chi connectivity index (χ0v) is 12.3. The summed E-state index contributed by atoms with van der Waals surface area (Å²) in [5.41, 5.74) is 0.406. The lowest BCUT2D eigenvalue weighted by atomic mass is 10.2. The second-order valence-electron chi connectivity index (χ2n) is 4.83. The molecule has 1 rings (SSSR count). The Morgan fingerprint density at radius 3 is 2.22 bits per heavy atom. The minimum atomic E-state index is -0.702. The largest absolute Gasteiger partial charge is 0.487 e. The zero-order valence-electron chi connectivity index (χ0n) is 10.7. The van der Waals surface area contributed by atoms with Gasteiger partial charge in [0, 0.05) is 16.4 Å². The molecule has 0 aliphatic rings. The van der Waals surface area contributed by atoms with Gasteiger partial charge < -0.3 is 4.74 Å². The number of rotatable bonds is 5. The smallest absolute Gasteiger partial charge is 0.190 e. The van der Waals surface area contributed by atoms with E-state index in [1.165, 1.54) is 12.1 Å². The van der Waals surface area contributed by atoms with E-state index in [0.29, 0.717) is 11.3 Å². The summed E-state index contributed by atoms with van der Waals surface area (Å²) in [5, 5.41) is 0. The first kappa shape index (κ1) is 15.6. The van der Waals surface area contributed by atoms with E-state index in [0.717, 1.165) is 0 Å². The van der Waals surface area contributed by atoms with Crippen molar-refractivity contribution in [3.63, 3.8) is 0 Å². The number of hydrogen-bond donors (Lipinski definition) is 0. The van der Waals surface area contributed by atoms with Crippen LogP contribution >= 0.6 is 23.4 Å². The van der Waals surface area contributed by atoms with Gasteiger partial charge in [-0.1, -0.05) is 20.8 Å². The first-order valence-electron chi connectivity index (χ1n) is 5.64. The number of halogens is 3. The first-order chi connectivity index (χ1) is 8.33. The number of benzene rings is 1. The van der Waals surface area contributed by atoms with Crippen molar-refractivity contribution in [3.05, 3.63) is 29.3 Å². The highest BCUT2D eigenvalue weighted by atomic mass is 35.5. The molecule has 0 atom stereocenters. The van der Waals surface area contributed by atoms with Crippen LogP contribution in [0.15, 0.2) is 12.1 Å². The second-order valence-corrected chi connectivity index (χ2v) is 7.02. The summed E-state index contributed by atoms with van der Waals surface area (Å²) in [5.74, 6) is -0.968. The van der Waals surface area contributed by atoms with Crippen LogP contribution in [0.4, 0.5) is 8.78 Å². The molecule has 0 fully saturated rings. The molecular weight excluding hydrogens is 278 g/mol. The van der Waals surface area contributed by atoms with Gasteiger partial charge in [0.1, 0.15) is 0 Å². The van der Waals surface area contributed by atoms with Crippen molar-refractivity contribution in [3.8, 4) is 5.75 Å². The molecule has 0 aliphatic heterocycles. The highest BCUT2D eigenvalue weighted by Crippen LogP contribution is 2.26. The van der Waals surface area contributed by atoms with Crippen LogP contribution in [0.1, 0.15) is 26.3 Å². The van der Waals surface area contributed by atoms with Crippen molar-refractivity contribution < 1.29 is 13.5 Å². The van der Waals surface area contributed by atoms with E-state index in [2.05, 4.69) is 20.8 Å². The maximum absolute atomic E-state index is 13.5. The van der Waals surface area contributed by atoms with Gasteiger partial charge in [-0.2, -0.15) is 11.8 Å². The van der Waals surface area contributed by atoms with Crippen LogP contribution < -0.4 is 4.74 Å². The molecule has 0 heterocycles. The molecule has 5 heteroatoms. The fourth-order valence-corrected chi connectivity index (χ4v) is 2.25. The fourth-order valence-electron chi connectivity index (χ4n) is 1.32. The van der Waals surface area contributed by atoms with Crippen LogP contribution in [0.3, 0.4) is 0 Å². The molecule has 0 aromatic heterocycles. The quantitative estimate of drug-likeness (QED) is 0.579. The van der Waals surface area contributed by atoms with Crippen LogP contribution in [-0.4, -0.2) is 17.1 Å². The predicted molar refractivity (Wildman–Crippen MR) is 73.6 cm³/mol. The third-order valence-electron chi connectivity index (χ3n) is 2.08. The Labute approximate surface area is 116 Å². The zero-order chi connectivity index (χ0) is 13.8. The van der Waals surface area contributed by atoms with Gasteiger partial charge in [0.25, 0.3) is 0 Å². The van der Waals surface area contributed by atoms with Crippen LogP contribution in [0.2, 0.25) is 0 Å². The molecule has 0 amide bonds. The Morgan fingerprint density at radius 1 is 1.22 bits per heavy atom. The Kier molecular flexibility index (Phi) is 5.73. The summed E-state index contributed by atoms with van der Waals surface area (Å²) in [4.78, 5) is 0. The summed E-state index contributed by atoms with van der Waals surface area (Å²) in [6.07, 6.45) is 0. The molecule has 1 aromatic rings. The molecule has 0 aliphatic carbocycles. The fraction of sp³-hybridized carbons (Fsp3) is 0.538. The predicted octanol–water partition coefficient (Wildman–Crippen LogP) is 4.61. The molecule has 102 valence electrons. The number of hydrogen-bond acceptors (Lipinski definition) is 2. The van der Waals surface area contributed by atoms with Crippen molar-refractivity contribution in [1.82, 2.24) is 0 Å². The van der Waals surface area contributed by atoms with Gasteiger partial charge in [0.15, 0.2) is 17.4 Å². The Hall–Kier alpha value is -0.480. The van der Waals surface area contributed by atoms with E-state index in [4.69, 9.17) is 16.3 Å². The summed E-state index contributed by atoms with van der Waals surface area (Å²) in [6, 6.07) is 2.39. The van der Waals surface area contributed by atoms with Gasteiger partial charge in [0.05, 0.1) is 6.61 Å². The lowest BCUT2D eigenvalue weighted by molar-refractivity contribution is 0.305. The van der Waals surface area contributed by atoms with E-state index in [9.17, 15) is 8.78 Å². The van der Waals surface area contributed by atoms with Crippen molar-refractivity contribution in [2.75, 3.05) is 12.4 Å². The lowest BCUT2D eigenvalue weighted by Crippen LogP contribution is -2.12. The molecule has 0 N–H and O–H groups in total. The second kappa shape index (κ2) is 6.62. The van der Waals surface area contributed by atoms with Crippen molar-refractivity contribution in [2.45, 2.75) is 31.4 Å². The van der Waals surface area contributed by atoms with Crippen molar-refractivity contribution >= 4 is 23.4 Å². The number of thioether (sulfide) groups is 1. The van der Waals surface area contributed by atoms with Crippen LogP contribution in [0, 0.1) is 11.6 Å². The van der Waals surface area contributed by atoms with Crippen LogP contribution in [0.25, 0.3) is 0 Å². The molecule has 0 radical (unpaired) electrons. The first-order valence-corrected chi connectivity index (χ1v) is 7.16. The highest BCUT2D eigenvalue weighted by Gasteiger charge is 2.14. The van der Waals surface area contributed by atoms with Gasteiger partial charge in [-0.15, -0.1) is 11.6 Å². The molecular formula is C13H17ClF2OS. The maximum Gasteiger partial charge on any atom is 0.190 e. The molecule has 1 nitrogen and oxygen atoms in total. The summed E-state index contributed by atoms with van der Waals surface area (Å²) in [7, 11) is 0. The number of alkyl halides is 1. The molecule has 1 aromatic carbocycles. The van der Waals surface area contributed by atoms with Crippen molar-refractivity contribution in [1.29, 1.82) is 0 Å². The van der Waals surface area contributed by atoms with Gasteiger partial charge in [0.2, 0.25) is 0 Å². The lowest BCUT2D eigenvalue weighted by Gasteiger charge is -2.17.